The average Bonchev–Trinajstić information content (AvgIpc) is 2.25. The molecule has 0 aromatic heterocycles. The highest BCUT2D eigenvalue weighted by Crippen LogP contribution is 2.19. The Morgan fingerprint density at radius 3 is 2.79 bits per heavy atom. The number of methoxy groups -OCH3 is 1. The molecule has 0 radical (unpaired) electrons. The second-order valence-corrected chi connectivity index (χ2v) is 3.40. The molecule has 0 fully saturated rings. The summed E-state index contributed by atoms with van der Waals surface area (Å²) in [6.45, 7) is 2.96. The van der Waals surface area contributed by atoms with Gasteiger partial charge in [0.25, 0.3) is 0 Å². The van der Waals surface area contributed by atoms with Gasteiger partial charge in [-0.2, -0.15) is 12.6 Å². The fraction of sp³-hybridized carbons (Fsp3) is 0.455. The summed E-state index contributed by atoms with van der Waals surface area (Å²) in [5.74, 6) is 1.62. The number of ether oxygens (including phenoxy) is 1. The summed E-state index contributed by atoms with van der Waals surface area (Å²) < 4.78 is 5.28. The summed E-state index contributed by atoms with van der Waals surface area (Å²) in [7, 11) is 1.70. The number of benzene rings is 1. The van der Waals surface area contributed by atoms with E-state index in [4.69, 9.17) is 4.74 Å². The van der Waals surface area contributed by atoms with Crippen LogP contribution in [0, 0.1) is 0 Å². The maximum Gasteiger partial charge on any atom is 0.123 e. The molecule has 1 aromatic rings. The van der Waals surface area contributed by atoms with Crippen molar-refractivity contribution in [3.63, 3.8) is 0 Å². The third kappa shape index (κ3) is 2.93. The van der Waals surface area contributed by atoms with Crippen molar-refractivity contribution >= 4 is 12.6 Å². The van der Waals surface area contributed by atoms with E-state index in [2.05, 4.69) is 37.0 Å². The first-order chi connectivity index (χ1) is 6.81. The molecule has 0 saturated heterocycles. The van der Waals surface area contributed by atoms with Gasteiger partial charge in [0, 0.05) is 18.0 Å². The number of hydrogen-bond acceptors (Lipinski definition) is 3. The van der Waals surface area contributed by atoms with Crippen molar-refractivity contribution in [2.75, 3.05) is 13.0 Å². The molecule has 0 aliphatic carbocycles. The fourth-order valence-electron chi connectivity index (χ4n) is 1.38. The van der Waals surface area contributed by atoms with Gasteiger partial charge in [0.1, 0.15) is 5.75 Å². The van der Waals surface area contributed by atoms with Gasteiger partial charge in [0.05, 0.1) is 7.11 Å². The average molecular weight is 211 g/mol. The molecule has 1 aromatic carbocycles. The minimum Gasteiger partial charge on any atom is -0.496 e. The predicted octanol–water partition coefficient (Wildman–Crippen LogP) is 2.23. The van der Waals surface area contributed by atoms with Crippen LogP contribution in [-0.4, -0.2) is 13.0 Å². The van der Waals surface area contributed by atoms with Gasteiger partial charge in [0.2, 0.25) is 0 Å². The first kappa shape index (κ1) is 11.4. The minimum absolute atomic E-state index is 0.680. The molecule has 14 heavy (non-hydrogen) atoms. The summed E-state index contributed by atoms with van der Waals surface area (Å²) in [6.07, 6.45) is 1.05. The van der Waals surface area contributed by atoms with Gasteiger partial charge in [-0.3, -0.25) is 0 Å². The molecular formula is C11H17NOS. The van der Waals surface area contributed by atoms with E-state index in [9.17, 15) is 0 Å². The second-order valence-electron chi connectivity index (χ2n) is 3.08. The van der Waals surface area contributed by atoms with Gasteiger partial charge in [-0.1, -0.05) is 19.1 Å². The molecule has 0 heterocycles. The summed E-state index contributed by atoms with van der Waals surface area (Å²) >= 11 is 4.11. The van der Waals surface area contributed by atoms with Crippen LogP contribution in [0.25, 0.3) is 0 Å². The van der Waals surface area contributed by atoms with Crippen molar-refractivity contribution < 1.29 is 4.74 Å². The van der Waals surface area contributed by atoms with Crippen LogP contribution in [0.1, 0.15) is 18.1 Å². The van der Waals surface area contributed by atoms with Crippen LogP contribution in [0.3, 0.4) is 0 Å². The van der Waals surface area contributed by atoms with Gasteiger partial charge < -0.3 is 10.1 Å². The van der Waals surface area contributed by atoms with Crippen molar-refractivity contribution in [3.05, 3.63) is 29.3 Å². The maximum absolute atomic E-state index is 5.28. The lowest BCUT2D eigenvalue weighted by Crippen LogP contribution is -2.11. The Labute approximate surface area is 91.1 Å². The van der Waals surface area contributed by atoms with Gasteiger partial charge >= 0.3 is 0 Å². The second kappa shape index (κ2) is 5.94. The van der Waals surface area contributed by atoms with Gasteiger partial charge in [-0.05, 0) is 18.1 Å². The molecule has 0 bridgehead atoms. The molecule has 1 rings (SSSR count). The van der Waals surface area contributed by atoms with E-state index < -0.39 is 0 Å². The standard InChI is InChI=1S/C11H17NOS/c1-3-9-4-5-11(13-2)10(6-9)7-12-8-14/h4-6,12,14H,3,7-8H2,1-2H3. The summed E-state index contributed by atoms with van der Waals surface area (Å²) in [5, 5.41) is 3.17. The van der Waals surface area contributed by atoms with Crippen molar-refractivity contribution in [3.8, 4) is 5.75 Å². The normalized spacial score (nSPS) is 10.2. The Balaban J connectivity index is 2.84. The van der Waals surface area contributed by atoms with Crippen LogP contribution < -0.4 is 10.1 Å². The molecule has 78 valence electrons. The van der Waals surface area contributed by atoms with E-state index >= 15 is 0 Å². The van der Waals surface area contributed by atoms with E-state index in [1.807, 2.05) is 6.07 Å². The van der Waals surface area contributed by atoms with E-state index in [0.717, 1.165) is 18.7 Å². The van der Waals surface area contributed by atoms with E-state index in [1.54, 1.807) is 7.11 Å². The molecule has 0 aliphatic rings. The van der Waals surface area contributed by atoms with Crippen LogP contribution in [-0.2, 0) is 13.0 Å². The lowest BCUT2D eigenvalue weighted by molar-refractivity contribution is 0.408. The smallest absolute Gasteiger partial charge is 0.123 e. The van der Waals surface area contributed by atoms with E-state index in [0.29, 0.717) is 5.88 Å². The van der Waals surface area contributed by atoms with Crippen LogP contribution in [0.15, 0.2) is 18.2 Å². The zero-order valence-corrected chi connectivity index (χ0v) is 9.60. The Morgan fingerprint density at radius 2 is 2.21 bits per heavy atom. The van der Waals surface area contributed by atoms with E-state index in [1.165, 1.54) is 11.1 Å². The number of aryl methyl sites for hydroxylation is 1. The van der Waals surface area contributed by atoms with Crippen LogP contribution in [0.5, 0.6) is 5.75 Å². The quantitative estimate of drug-likeness (QED) is 0.576. The Morgan fingerprint density at radius 1 is 1.43 bits per heavy atom. The number of rotatable bonds is 5. The molecule has 1 N–H and O–H groups in total. The Hall–Kier alpha value is -0.670. The molecule has 0 amide bonds. The van der Waals surface area contributed by atoms with Crippen molar-refractivity contribution in [2.45, 2.75) is 19.9 Å². The van der Waals surface area contributed by atoms with E-state index in [-0.39, 0.29) is 0 Å². The lowest BCUT2D eigenvalue weighted by Gasteiger charge is -2.10. The number of hydrogen-bond donors (Lipinski definition) is 2. The number of nitrogens with one attached hydrogen (secondary N) is 1. The topological polar surface area (TPSA) is 21.3 Å². The third-order valence-electron chi connectivity index (χ3n) is 2.18. The number of thiol groups is 1. The predicted molar refractivity (Wildman–Crippen MR) is 63.1 cm³/mol. The van der Waals surface area contributed by atoms with Gasteiger partial charge in [-0.25, -0.2) is 0 Å². The van der Waals surface area contributed by atoms with Gasteiger partial charge in [-0.15, -0.1) is 0 Å². The Kier molecular flexibility index (Phi) is 4.84. The summed E-state index contributed by atoms with van der Waals surface area (Å²) in [4.78, 5) is 0. The first-order valence-electron chi connectivity index (χ1n) is 4.79. The molecule has 3 heteroatoms. The largest absolute Gasteiger partial charge is 0.496 e. The first-order valence-corrected chi connectivity index (χ1v) is 5.42. The highest BCUT2D eigenvalue weighted by Gasteiger charge is 2.02. The van der Waals surface area contributed by atoms with Crippen molar-refractivity contribution in [1.82, 2.24) is 5.32 Å². The van der Waals surface area contributed by atoms with Crippen LogP contribution in [0.2, 0.25) is 0 Å². The van der Waals surface area contributed by atoms with Crippen LogP contribution in [0.4, 0.5) is 0 Å². The SMILES string of the molecule is CCc1ccc(OC)c(CNCS)c1. The van der Waals surface area contributed by atoms with Crippen LogP contribution >= 0.6 is 12.6 Å². The molecular weight excluding hydrogens is 194 g/mol. The molecule has 2 nitrogen and oxygen atoms in total. The third-order valence-corrected chi connectivity index (χ3v) is 2.40. The highest BCUT2D eigenvalue weighted by molar-refractivity contribution is 7.80. The fourth-order valence-corrected chi connectivity index (χ4v) is 1.49. The van der Waals surface area contributed by atoms with Crippen molar-refractivity contribution in [1.29, 1.82) is 0 Å². The molecule has 0 saturated carbocycles. The lowest BCUT2D eigenvalue weighted by atomic mass is 10.1. The highest BCUT2D eigenvalue weighted by atomic mass is 32.1. The van der Waals surface area contributed by atoms with Crippen molar-refractivity contribution in [2.24, 2.45) is 0 Å². The van der Waals surface area contributed by atoms with Gasteiger partial charge in [0.15, 0.2) is 0 Å². The maximum atomic E-state index is 5.28. The summed E-state index contributed by atoms with van der Waals surface area (Å²) in [6, 6.07) is 6.30. The zero-order chi connectivity index (χ0) is 10.4. The molecule has 0 unspecified atom stereocenters. The zero-order valence-electron chi connectivity index (χ0n) is 8.71. The summed E-state index contributed by atoms with van der Waals surface area (Å²) in [5.41, 5.74) is 2.53. The molecule has 0 atom stereocenters. The minimum atomic E-state index is 0.680. The molecule has 0 aliphatic heterocycles. The monoisotopic (exact) mass is 211 g/mol. The Bertz CT molecular complexity index is 289. The molecule has 0 spiro atoms.